The Morgan fingerprint density at radius 3 is 2.76 bits per heavy atom. The van der Waals surface area contributed by atoms with Crippen molar-refractivity contribution in [1.29, 1.82) is 0 Å². The van der Waals surface area contributed by atoms with Crippen LogP contribution in [0.3, 0.4) is 0 Å². The summed E-state index contributed by atoms with van der Waals surface area (Å²) in [6.45, 7) is 4.73. The molecule has 38 heavy (non-hydrogen) atoms. The van der Waals surface area contributed by atoms with Crippen LogP contribution in [-0.2, 0) is 16.1 Å². The number of nitrogens with one attached hydrogen (secondary N) is 1. The number of benzene rings is 1. The molecule has 0 aliphatic carbocycles. The fourth-order valence-electron chi connectivity index (χ4n) is 5.25. The molecule has 2 atom stereocenters. The second kappa shape index (κ2) is 10.6. The van der Waals surface area contributed by atoms with Gasteiger partial charge < -0.3 is 10.2 Å². The van der Waals surface area contributed by atoms with Crippen molar-refractivity contribution < 1.29 is 18.4 Å². The zero-order valence-corrected chi connectivity index (χ0v) is 21.9. The van der Waals surface area contributed by atoms with Gasteiger partial charge in [0.2, 0.25) is 11.8 Å². The lowest BCUT2D eigenvalue weighted by Crippen LogP contribution is -2.38. The molecule has 0 saturated carbocycles. The SMILES string of the molecule is CCn1ncc2c1-c1ccnc(c1)C(N1CCC(c3c(F)ccc(Cl)c3F)=CC1=O)CCCC(C)C(=O)N2. The van der Waals surface area contributed by atoms with E-state index in [1.807, 2.05) is 30.7 Å². The van der Waals surface area contributed by atoms with E-state index in [0.717, 1.165) is 23.4 Å². The van der Waals surface area contributed by atoms with Gasteiger partial charge in [0.25, 0.3) is 0 Å². The fraction of sp³-hybridized carbons (Fsp3) is 0.357. The lowest BCUT2D eigenvalue weighted by atomic mass is 9.93. The molecule has 198 valence electrons. The molecule has 0 spiro atoms. The van der Waals surface area contributed by atoms with Crippen molar-refractivity contribution >= 4 is 34.7 Å². The van der Waals surface area contributed by atoms with Crippen LogP contribution in [0, 0.1) is 17.6 Å². The molecule has 2 unspecified atom stereocenters. The number of nitrogens with zero attached hydrogens (tertiary/aromatic N) is 4. The Balaban J connectivity index is 1.54. The highest BCUT2D eigenvalue weighted by molar-refractivity contribution is 6.31. The lowest BCUT2D eigenvalue weighted by molar-refractivity contribution is -0.129. The van der Waals surface area contributed by atoms with Crippen molar-refractivity contribution in [3.05, 3.63) is 70.6 Å². The Morgan fingerprint density at radius 2 is 2.00 bits per heavy atom. The number of anilines is 1. The van der Waals surface area contributed by atoms with Gasteiger partial charge >= 0.3 is 0 Å². The zero-order chi connectivity index (χ0) is 27.0. The Kier molecular flexibility index (Phi) is 7.29. The molecule has 10 heteroatoms. The summed E-state index contributed by atoms with van der Waals surface area (Å²) in [6, 6.07) is 5.68. The van der Waals surface area contributed by atoms with E-state index >= 15 is 0 Å². The van der Waals surface area contributed by atoms with Crippen LogP contribution in [0.1, 0.15) is 56.8 Å². The number of aromatic nitrogens is 3. The van der Waals surface area contributed by atoms with Crippen LogP contribution in [0.4, 0.5) is 14.5 Å². The van der Waals surface area contributed by atoms with E-state index in [1.54, 1.807) is 17.3 Å². The van der Waals surface area contributed by atoms with Gasteiger partial charge in [-0.05, 0) is 56.0 Å². The molecule has 7 nitrogen and oxygen atoms in total. The van der Waals surface area contributed by atoms with Gasteiger partial charge in [0.15, 0.2) is 5.82 Å². The number of amides is 2. The molecule has 0 saturated heterocycles. The largest absolute Gasteiger partial charge is 0.330 e. The summed E-state index contributed by atoms with van der Waals surface area (Å²) in [6.07, 6.45) is 6.80. The Bertz CT molecular complexity index is 1440. The lowest BCUT2D eigenvalue weighted by Gasteiger charge is -2.34. The van der Waals surface area contributed by atoms with Crippen LogP contribution in [0.5, 0.6) is 0 Å². The van der Waals surface area contributed by atoms with Crippen molar-refractivity contribution in [2.45, 2.75) is 52.1 Å². The third kappa shape index (κ3) is 4.82. The molecule has 2 amide bonds. The molecule has 0 radical (unpaired) electrons. The summed E-state index contributed by atoms with van der Waals surface area (Å²) in [4.78, 5) is 32.6. The van der Waals surface area contributed by atoms with E-state index < -0.39 is 11.6 Å². The van der Waals surface area contributed by atoms with E-state index in [2.05, 4.69) is 15.4 Å². The average Bonchev–Trinajstić information content (AvgIpc) is 3.31. The highest BCUT2D eigenvalue weighted by atomic mass is 35.5. The molecule has 2 aliphatic rings. The van der Waals surface area contributed by atoms with Crippen LogP contribution in [0.15, 0.2) is 42.7 Å². The summed E-state index contributed by atoms with van der Waals surface area (Å²) in [5, 5.41) is 7.27. The predicted octanol–water partition coefficient (Wildman–Crippen LogP) is 6.01. The van der Waals surface area contributed by atoms with Gasteiger partial charge in [-0.3, -0.25) is 19.3 Å². The fourth-order valence-corrected chi connectivity index (χ4v) is 5.41. The minimum atomic E-state index is -0.866. The van der Waals surface area contributed by atoms with Crippen molar-refractivity contribution in [3.8, 4) is 11.3 Å². The van der Waals surface area contributed by atoms with E-state index in [1.165, 1.54) is 6.08 Å². The number of fused-ring (bicyclic) bond motifs is 4. The molecule has 5 rings (SSSR count). The monoisotopic (exact) mass is 539 g/mol. The number of hydrogen-bond acceptors (Lipinski definition) is 4. The number of pyridine rings is 1. The first kappa shape index (κ1) is 26.0. The number of aryl methyl sites for hydroxylation is 1. The number of rotatable bonds is 3. The quantitative estimate of drug-likeness (QED) is 0.413. The highest BCUT2D eigenvalue weighted by Gasteiger charge is 2.31. The van der Waals surface area contributed by atoms with Crippen molar-refractivity contribution in [2.24, 2.45) is 5.92 Å². The topological polar surface area (TPSA) is 80.1 Å². The molecule has 4 heterocycles. The number of hydrogen-bond donors (Lipinski definition) is 1. The minimum absolute atomic E-state index is 0.0829. The third-order valence-electron chi connectivity index (χ3n) is 7.30. The van der Waals surface area contributed by atoms with Crippen molar-refractivity contribution in [3.63, 3.8) is 0 Å². The standard InChI is InChI=1S/C28H28ClF2N5O2/c1-3-36-27-18-9-11-32-21(13-18)23(6-4-5-16(2)28(38)34-22(27)15-33-36)35-12-10-17(14-24(35)37)25-20(30)8-7-19(29)26(25)31/h7-9,11,13-16,23H,3-6,10,12H2,1-2H3,(H,34,38). The van der Waals surface area contributed by atoms with Crippen LogP contribution in [0.25, 0.3) is 16.8 Å². The molecule has 3 aromatic rings. The second-order valence-electron chi connectivity index (χ2n) is 9.70. The smallest absolute Gasteiger partial charge is 0.247 e. The normalized spacial score (nSPS) is 20.2. The average molecular weight is 540 g/mol. The maximum Gasteiger partial charge on any atom is 0.247 e. The van der Waals surface area contributed by atoms with Crippen LogP contribution >= 0.6 is 11.6 Å². The third-order valence-corrected chi connectivity index (χ3v) is 7.59. The number of carbonyl (C=O) groups excluding carboxylic acids is 2. The summed E-state index contributed by atoms with van der Waals surface area (Å²) in [5.41, 5.74) is 2.96. The first-order chi connectivity index (χ1) is 18.3. The van der Waals surface area contributed by atoms with Crippen LogP contribution in [0.2, 0.25) is 5.02 Å². The summed E-state index contributed by atoms with van der Waals surface area (Å²) in [5.74, 6) is -2.29. The minimum Gasteiger partial charge on any atom is -0.330 e. The van der Waals surface area contributed by atoms with Gasteiger partial charge in [0.05, 0.1) is 39.9 Å². The van der Waals surface area contributed by atoms with Crippen LogP contribution in [-0.4, -0.2) is 38.0 Å². The van der Waals surface area contributed by atoms with E-state index in [-0.39, 0.29) is 52.9 Å². The first-order valence-corrected chi connectivity index (χ1v) is 13.1. The molecular weight excluding hydrogens is 512 g/mol. The summed E-state index contributed by atoms with van der Waals surface area (Å²) >= 11 is 5.88. The van der Waals surface area contributed by atoms with Gasteiger partial charge in [-0.15, -0.1) is 0 Å². The van der Waals surface area contributed by atoms with Crippen molar-refractivity contribution in [1.82, 2.24) is 19.7 Å². The molecular formula is C28H28ClF2N5O2. The summed E-state index contributed by atoms with van der Waals surface area (Å²) in [7, 11) is 0. The van der Waals surface area contributed by atoms with E-state index in [0.29, 0.717) is 37.2 Å². The molecule has 2 bridgehead atoms. The predicted molar refractivity (Wildman–Crippen MR) is 141 cm³/mol. The van der Waals surface area contributed by atoms with Gasteiger partial charge in [-0.2, -0.15) is 5.10 Å². The maximum absolute atomic E-state index is 14.7. The van der Waals surface area contributed by atoms with E-state index in [9.17, 15) is 18.4 Å². The molecule has 1 aromatic carbocycles. The second-order valence-corrected chi connectivity index (χ2v) is 10.1. The van der Waals surface area contributed by atoms with Gasteiger partial charge in [-0.1, -0.05) is 24.9 Å². The van der Waals surface area contributed by atoms with Crippen LogP contribution < -0.4 is 5.32 Å². The molecule has 2 aromatic heterocycles. The zero-order valence-electron chi connectivity index (χ0n) is 21.2. The maximum atomic E-state index is 14.7. The highest BCUT2D eigenvalue weighted by Crippen LogP contribution is 2.37. The first-order valence-electron chi connectivity index (χ1n) is 12.8. The summed E-state index contributed by atoms with van der Waals surface area (Å²) < 4.78 is 31.0. The Morgan fingerprint density at radius 1 is 1.18 bits per heavy atom. The Hall–Kier alpha value is -3.59. The Labute approximate surface area is 224 Å². The van der Waals surface area contributed by atoms with Gasteiger partial charge in [-0.25, -0.2) is 8.78 Å². The van der Waals surface area contributed by atoms with Gasteiger partial charge in [0.1, 0.15) is 5.82 Å². The molecule has 2 aliphatic heterocycles. The van der Waals surface area contributed by atoms with Gasteiger partial charge in [0, 0.05) is 36.8 Å². The number of halogens is 3. The molecule has 0 fully saturated rings. The van der Waals surface area contributed by atoms with Crippen molar-refractivity contribution in [2.75, 3.05) is 11.9 Å². The number of carbonyl (C=O) groups is 2. The van der Waals surface area contributed by atoms with E-state index in [4.69, 9.17) is 11.6 Å². The molecule has 1 N–H and O–H groups in total.